The first-order chi connectivity index (χ1) is 7.72. The highest BCUT2D eigenvalue weighted by Crippen LogP contribution is 2.38. The van der Waals surface area contributed by atoms with Crippen LogP contribution in [0.25, 0.3) is 0 Å². The van der Waals surface area contributed by atoms with Gasteiger partial charge < -0.3 is 10.5 Å². The number of rotatable bonds is 2. The second-order valence-electron chi connectivity index (χ2n) is 3.94. The minimum Gasteiger partial charge on any atom is -0.469 e. The van der Waals surface area contributed by atoms with E-state index in [1.54, 1.807) is 11.8 Å². The van der Waals surface area contributed by atoms with Crippen molar-refractivity contribution in [1.82, 2.24) is 0 Å². The molecule has 0 bridgehead atoms. The van der Waals surface area contributed by atoms with Crippen LogP contribution in [0.5, 0.6) is 0 Å². The van der Waals surface area contributed by atoms with Crippen LogP contribution in [-0.4, -0.2) is 24.6 Å². The van der Waals surface area contributed by atoms with Crippen LogP contribution in [0, 0.1) is 5.92 Å². The molecule has 0 spiro atoms. The second kappa shape index (κ2) is 4.78. The number of carbonyl (C=O) groups excluding carboxylic acids is 1. The number of anilines is 1. The zero-order valence-corrected chi connectivity index (χ0v) is 10.00. The topological polar surface area (TPSA) is 52.3 Å². The van der Waals surface area contributed by atoms with Crippen molar-refractivity contribution in [2.24, 2.45) is 5.92 Å². The fourth-order valence-corrected chi connectivity index (χ4v) is 3.45. The number of methoxy groups -OCH3 is 1. The highest BCUT2D eigenvalue weighted by atomic mass is 32.2. The number of thioether (sulfide) groups is 1. The van der Waals surface area contributed by atoms with Crippen molar-refractivity contribution in [3.63, 3.8) is 0 Å². The molecular weight excluding hydrogens is 222 g/mol. The van der Waals surface area contributed by atoms with Crippen molar-refractivity contribution in [3.05, 3.63) is 29.8 Å². The summed E-state index contributed by atoms with van der Waals surface area (Å²) in [4.78, 5) is 11.6. The van der Waals surface area contributed by atoms with Crippen molar-refractivity contribution < 1.29 is 9.53 Å². The van der Waals surface area contributed by atoms with Gasteiger partial charge in [-0.2, -0.15) is 11.8 Å². The van der Waals surface area contributed by atoms with Crippen LogP contribution in [0.2, 0.25) is 0 Å². The SMILES string of the molecule is COC(=O)C1CSCC1c1ccc(N)cc1. The van der Waals surface area contributed by atoms with E-state index < -0.39 is 0 Å². The predicted octanol–water partition coefficient (Wildman–Crippen LogP) is 1.89. The maximum atomic E-state index is 11.6. The van der Waals surface area contributed by atoms with Gasteiger partial charge in [0.05, 0.1) is 13.0 Å². The number of hydrogen-bond donors (Lipinski definition) is 1. The Hall–Kier alpha value is -1.16. The molecular formula is C12H15NO2S. The molecule has 1 heterocycles. The fraction of sp³-hybridized carbons (Fsp3) is 0.417. The molecule has 3 nitrogen and oxygen atoms in total. The molecule has 1 aliphatic rings. The third-order valence-electron chi connectivity index (χ3n) is 2.95. The first kappa shape index (κ1) is 11.3. The predicted molar refractivity (Wildman–Crippen MR) is 66.4 cm³/mol. The van der Waals surface area contributed by atoms with Gasteiger partial charge in [0.15, 0.2) is 0 Å². The Labute approximate surface area is 99.4 Å². The number of ether oxygens (including phenoxy) is 1. The van der Waals surface area contributed by atoms with Crippen LogP contribution in [-0.2, 0) is 9.53 Å². The Morgan fingerprint density at radius 1 is 1.38 bits per heavy atom. The summed E-state index contributed by atoms with van der Waals surface area (Å²) < 4.78 is 4.83. The molecule has 1 aliphatic heterocycles. The standard InChI is InChI=1S/C12H15NO2S/c1-15-12(14)11-7-16-6-10(11)8-2-4-9(13)5-3-8/h2-5,10-11H,6-7,13H2,1H3. The zero-order chi connectivity index (χ0) is 11.5. The van der Waals surface area contributed by atoms with Crippen molar-refractivity contribution >= 4 is 23.4 Å². The van der Waals surface area contributed by atoms with Crippen LogP contribution in [0.3, 0.4) is 0 Å². The highest BCUT2D eigenvalue weighted by Gasteiger charge is 2.35. The van der Waals surface area contributed by atoms with E-state index in [4.69, 9.17) is 10.5 Å². The maximum Gasteiger partial charge on any atom is 0.310 e. The van der Waals surface area contributed by atoms with Gasteiger partial charge >= 0.3 is 5.97 Å². The van der Waals surface area contributed by atoms with E-state index in [1.165, 1.54) is 12.7 Å². The van der Waals surface area contributed by atoms with E-state index in [2.05, 4.69) is 0 Å². The maximum absolute atomic E-state index is 11.6. The summed E-state index contributed by atoms with van der Waals surface area (Å²) in [6, 6.07) is 7.77. The van der Waals surface area contributed by atoms with Gasteiger partial charge in [0, 0.05) is 23.1 Å². The summed E-state index contributed by atoms with van der Waals surface area (Å²) >= 11 is 1.80. The molecule has 86 valence electrons. The first-order valence-corrected chi connectivity index (χ1v) is 6.39. The largest absolute Gasteiger partial charge is 0.469 e. The molecule has 16 heavy (non-hydrogen) atoms. The van der Waals surface area contributed by atoms with E-state index in [0.717, 1.165) is 17.2 Å². The average Bonchev–Trinajstić information content (AvgIpc) is 2.78. The Morgan fingerprint density at radius 2 is 2.06 bits per heavy atom. The number of carbonyl (C=O) groups is 1. The van der Waals surface area contributed by atoms with Crippen LogP contribution in [0.1, 0.15) is 11.5 Å². The van der Waals surface area contributed by atoms with Gasteiger partial charge in [-0.25, -0.2) is 0 Å². The fourth-order valence-electron chi connectivity index (χ4n) is 2.01. The highest BCUT2D eigenvalue weighted by molar-refractivity contribution is 7.99. The molecule has 0 aromatic heterocycles. The number of benzene rings is 1. The summed E-state index contributed by atoms with van der Waals surface area (Å²) in [6.07, 6.45) is 0. The van der Waals surface area contributed by atoms with Gasteiger partial charge in [-0.05, 0) is 17.7 Å². The van der Waals surface area contributed by atoms with Crippen molar-refractivity contribution in [3.8, 4) is 0 Å². The van der Waals surface area contributed by atoms with Gasteiger partial charge in [-0.15, -0.1) is 0 Å². The van der Waals surface area contributed by atoms with E-state index in [9.17, 15) is 4.79 Å². The lowest BCUT2D eigenvalue weighted by atomic mass is 9.89. The van der Waals surface area contributed by atoms with Gasteiger partial charge in [-0.3, -0.25) is 4.79 Å². The van der Waals surface area contributed by atoms with Crippen molar-refractivity contribution in [2.75, 3.05) is 24.3 Å². The number of hydrogen-bond acceptors (Lipinski definition) is 4. The minimum atomic E-state index is -0.105. The molecule has 4 heteroatoms. The summed E-state index contributed by atoms with van der Waals surface area (Å²) in [5, 5.41) is 0. The van der Waals surface area contributed by atoms with E-state index in [-0.39, 0.29) is 17.8 Å². The molecule has 2 N–H and O–H groups in total. The molecule has 0 radical (unpaired) electrons. The third kappa shape index (κ3) is 2.16. The lowest BCUT2D eigenvalue weighted by Crippen LogP contribution is -2.22. The normalized spacial score (nSPS) is 24.3. The molecule has 1 aromatic rings. The van der Waals surface area contributed by atoms with Gasteiger partial charge in [0.2, 0.25) is 0 Å². The second-order valence-corrected chi connectivity index (χ2v) is 5.02. The van der Waals surface area contributed by atoms with Crippen LogP contribution >= 0.6 is 11.8 Å². The molecule has 2 unspecified atom stereocenters. The summed E-state index contributed by atoms with van der Waals surface area (Å²) in [6.45, 7) is 0. The van der Waals surface area contributed by atoms with E-state index >= 15 is 0 Å². The number of nitrogens with two attached hydrogens (primary N) is 1. The van der Waals surface area contributed by atoms with Crippen LogP contribution in [0.15, 0.2) is 24.3 Å². The van der Waals surface area contributed by atoms with Crippen LogP contribution < -0.4 is 5.73 Å². The van der Waals surface area contributed by atoms with Gasteiger partial charge in [-0.1, -0.05) is 12.1 Å². The van der Waals surface area contributed by atoms with Gasteiger partial charge in [0.1, 0.15) is 0 Å². The molecule has 0 aliphatic carbocycles. The number of esters is 1. The molecule has 0 amide bonds. The Kier molecular flexibility index (Phi) is 3.39. The monoisotopic (exact) mass is 237 g/mol. The minimum absolute atomic E-state index is 0.0152. The number of nitrogen functional groups attached to an aromatic ring is 1. The molecule has 2 rings (SSSR count). The molecule has 1 aromatic carbocycles. The summed E-state index contributed by atoms with van der Waals surface area (Å²) in [5.41, 5.74) is 7.58. The lowest BCUT2D eigenvalue weighted by Gasteiger charge is -2.16. The Bertz CT molecular complexity index is 377. The van der Waals surface area contributed by atoms with Crippen molar-refractivity contribution in [2.45, 2.75) is 5.92 Å². The summed E-state index contributed by atoms with van der Waals surface area (Å²) in [7, 11) is 1.45. The first-order valence-electron chi connectivity index (χ1n) is 5.23. The third-order valence-corrected chi connectivity index (χ3v) is 4.14. The lowest BCUT2D eigenvalue weighted by molar-refractivity contribution is -0.145. The van der Waals surface area contributed by atoms with E-state index in [1.807, 2.05) is 24.3 Å². The van der Waals surface area contributed by atoms with E-state index in [0.29, 0.717) is 0 Å². The Balaban J connectivity index is 2.19. The van der Waals surface area contributed by atoms with Gasteiger partial charge in [0.25, 0.3) is 0 Å². The summed E-state index contributed by atoms with van der Waals surface area (Å²) in [5.74, 6) is 1.97. The Morgan fingerprint density at radius 3 is 2.69 bits per heavy atom. The molecule has 0 saturated carbocycles. The zero-order valence-electron chi connectivity index (χ0n) is 9.18. The quantitative estimate of drug-likeness (QED) is 0.630. The smallest absolute Gasteiger partial charge is 0.310 e. The average molecular weight is 237 g/mol. The van der Waals surface area contributed by atoms with Crippen molar-refractivity contribution in [1.29, 1.82) is 0 Å². The molecule has 2 atom stereocenters. The molecule has 1 saturated heterocycles. The molecule has 1 fully saturated rings. The van der Waals surface area contributed by atoms with Crippen LogP contribution in [0.4, 0.5) is 5.69 Å².